The standard InChI is InChI=1S/Cu.4FH.H4Se/h;4*1H;1H4/q+2;;;;;+2/p-4. The number of halogens is 4. The van der Waals surface area contributed by atoms with Crippen molar-refractivity contribution in [2.75, 3.05) is 0 Å². The molecule has 0 atom stereocenters. The van der Waals surface area contributed by atoms with Gasteiger partial charge in [0.05, 0.1) is 0 Å². The first kappa shape index (κ1) is 389. The van der Waals surface area contributed by atoms with Crippen molar-refractivity contribution < 1.29 is 35.9 Å². The van der Waals surface area contributed by atoms with E-state index in [1.54, 1.807) is 0 Å². The van der Waals surface area contributed by atoms with Crippen molar-refractivity contribution in [1.82, 2.24) is 0 Å². The molecule has 0 aromatic carbocycles. The third-order valence-corrected chi connectivity index (χ3v) is 0. The van der Waals surface area contributed by atoms with Crippen molar-refractivity contribution in [3.8, 4) is 0 Å². The fourth-order valence-corrected chi connectivity index (χ4v) is 0. The van der Waals surface area contributed by atoms with Gasteiger partial charge in [0.1, 0.15) is 0 Å². The third kappa shape index (κ3) is 117. The van der Waals surface area contributed by atoms with Crippen LogP contribution in [0.2, 0.25) is 0 Å². The molecule has 0 nitrogen and oxygen atoms in total. The number of hydrogen-bond donors (Lipinski definition) is 0. The molecule has 0 spiro atoms. The second-order valence-corrected chi connectivity index (χ2v) is 0. The van der Waals surface area contributed by atoms with E-state index in [-0.39, 0.29) is 53.0 Å². The summed E-state index contributed by atoms with van der Waals surface area (Å²) >= 11 is 0. The van der Waals surface area contributed by atoms with Gasteiger partial charge >= 0.3 is 34.1 Å². The van der Waals surface area contributed by atoms with E-state index in [2.05, 4.69) is 0 Å². The predicted octanol–water partition coefficient (Wildman–Crippen LogP) is -13.4. The zero-order valence-electron chi connectivity index (χ0n) is 2.52. The molecule has 0 fully saturated rings. The summed E-state index contributed by atoms with van der Waals surface area (Å²) in [5.74, 6) is 0. The summed E-state index contributed by atoms with van der Waals surface area (Å²) < 4.78 is 0. The molecule has 0 saturated carbocycles. The fourth-order valence-electron chi connectivity index (χ4n) is 0. The van der Waals surface area contributed by atoms with Crippen LogP contribution in [0.4, 0.5) is 0 Å². The Labute approximate surface area is 53.5 Å². The zero-order chi connectivity index (χ0) is 0. The SMILES string of the molecule is [Cu+2].[F-].[F-].[F-].[F-].[SeH4+2]. The maximum atomic E-state index is 0. The van der Waals surface area contributed by atoms with E-state index in [0.29, 0.717) is 0 Å². The van der Waals surface area contributed by atoms with Crippen LogP contribution in [0.15, 0.2) is 0 Å². The van der Waals surface area contributed by atoms with Crippen LogP contribution in [0.1, 0.15) is 0 Å². The molecule has 0 aliphatic heterocycles. The summed E-state index contributed by atoms with van der Waals surface area (Å²) in [5, 5.41) is 0. The van der Waals surface area contributed by atoms with Crippen molar-refractivity contribution in [1.29, 1.82) is 0 Å². The predicted molar refractivity (Wildman–Crippen MR) is 11.3 cm³/mol. The molecule has 49 valence electrons. The van der Waals surface area contributed by atoms with E-state index in [4.69, 9.17) is 0 Å². The first-order chi connectivity index (χ1) is 0. The van der Waals surface area contributed by atoms with Crippen molar-refractivity contribution in [2.45, 2.75) is 0 Å². The van der Waals surface area contributed by atoms with Crippen LogP contribution in [0.3, 0.4) is 0 Å². The molecule has 1 radical (unpaired) electrons. The minimum absolute atomic E-state index is 0. The molecule has 0 amide bonds. The molecular formula is H4CuF4Se. The van der Waals surface area contributed by atoms with E-state index >= 15 is 0 Å². The molecule has 0 saturated heterocycles. The van der Waals surface area contributed by atoms with Gasteiger partial charge in [-0.15, -0.1) is 0 Å². The Bertz CT molecular complexity index is 7.51. The van der Waals surface area contributed by atoms with Crippen LogP contribution in [0, 0.1) is 0 Å². The van der Waals surface area contributed by atoms with Gasteiger partial charge in [-0.1, -0.05) is 0 Å². The molecule has 0 bridgehead atoms. The van der Waals surface area contributed by atoms with Gasteiger partial charge in [0.2, 0.25) is 0 Å². The fraction of sp³-hybridized carbons (Fsp3) is 0. The van der Waals surface area contributed by atoms with Gasteiger partial charge in [-0.25, -0.2) is 0 Å². The topological polar surface area (TPSA) is 0 Å². The van der Waals surface area contributed by atoms with E-state index in [1.807, 2.05) is 0 Å². The monoisotopic (exact) mass is 223 g/mol. The van der Waals surface area contributed by atoms with Crippen molar-refractivity contribution in [3.63, 3.8) is 0 Å². The zero-order valence-corrected chi connectivity index (χ0v) is 6.43. The van der Waals surface area contributed by atoms with Crippen molar-refractivity contribution >= 4 is 17.1 Å². The van der Waals surface area contributed by atoms with Crippen LogP contribution in [0.25, 0.3) is 0 Å². The minimum atomic E-state index is 0. The molecule has 6 heteroatoms. The van der Waals surface area contributed by atoms with Gasteiger partial charge in [-0.05, 0) is 0 Å². The van der Waals surface area contributed by atoms with Crippen LogP contribution in [-0.2, 0) is 17.1 Å². The molecule has 0 aromatic rings. The Morgan fingerprint density at radius 1 is 0.500 bits per heavy atom. The van der Waals surface area contributed by atoms with Gasteiger partial charge in [0.25, 0.3) is 0 Å². The van der Waals surface area contributed by atoms with Crippen LogP contribution >= 0.6 is 0 Å². The summed E-state index contributed by atoms with van der Waals surface area (Å²) in [6.07, 6.45) is 0. The van der Waals surface area contributed by atoms with Gasteiger partial charge in [-0.2, -0.15) is 0 Å². The molecule has 0 aliphatic rings. The van der Waals surface area contributed by atoms with Gasteiger partial charge in [0.15, 0.2) is 0 Å². The third-order valence-electron chi connectivity index (χ3n) is 0. The molecule has 0 heterocycles. The van der Waals surface area contributed by atoms with E-state index in [0.717, 1.165) is 0 Å². The van der Waals surface area contributed by atoms with Crippen LogP contribution in [0.5, 0.6) is 0 Å². The van der Waals surface area contributed by atoms with E-state index < -0.39 is 0 Å². The Morgan fingerprint density at radius 2 is 0.500 bits per heavy atom. The van der Waals surface area contributed by atoms with Crippen molar-refractivity contribution in [3.05, 3.63) is 0 Å². The Kier molecular flexibility index (Phi) is 14700. The van der Waals surface area contributed by atoms with Gasteiger partial charge < -0.3 is 18.8 Å². The number of hydrogen-bond acceptors (Lipinski definition) is 0. The summed E-state index contributed by atoms with van der Waals surface area (Å²) in [6.45, 7) is 0. The molecule has 0 unspecified atom stereocenters. The normalized spacial score (nSPS) is 0. The molecular weight excluding hydrogens is 218 g/mol. The van der Waals surface area contributed by atoms with Gasteiger partial charge in [0, 0.05) is 0 Å². The quantitative estimate of drug-likeness (QED) is 0.282. The second-order valence-electron chi connectivity index (χ2n) is 0. The van der Waals surface area contributed by atoms with E-state index in [1.165, 1.54) is 0 Å². The molecule has 0 aliphatic carbocycles. The van der Waals surface area contributed by atoms with Crippen LogP contribution < -0.4 is 18.8 Å². The summed E-state index contributed by atoms with van der Waals surface area (Å²) in [7, 11) is 0. The van der Waals surface area contributed by atoms with Crippen molar-refractivity contribution in [2.24, 2.45) is 0 Å². The average molecular weight is 223 g/mol. The van der Waals surface area contributed by atoms with E-state index in [9.17, 15) is 0 Å². The second kappa shape index (κ2) is 226. The average Bonchev–Trinajstić information content (AvgIpc) is 0. The molecule has 0 rings (SSSR count). The maximum absolute atomic E-state index is 0. The Morgan fingerprint density at radius 3 is 0.500 bits per heavy atom. The Balaban J connectivity index is 0. The molecule has 0 N–H and O–H groups in total. The van der Waals surface area contributed by atoms with Gasteiger partial charge in [-0.3, -0.25) is 0 Å². The van der Waals surface area contributed by atoms with Crippen LogP contribution in [-0.4, -0.2) is 17.1 Å². The number of rotatable bonds is 0. The summed E-state index contributed by atoms with van der Waals surface area (Å²) in [5.41, 5.74) is 0. The molecule has 6 heavy (non-hydrogen) atoms. The summed E-state index contributed by atoms with van der Waals surface area (Å²) in [4.78, 5) is 0. The first-order valence-electron chi connectivity index (χ1n) is 0. The molecule has 0 aromatic heterocycles. The first-order valence-corrected chi connectivity index (χ1v) is 0. The summed E-state index contributed by atoms with van der Waals surface area (Å²) in [6, 6.07) is 0. The Hall–Kier alpha value is 0.759.